The fourth-order valence-corrected chi connectivity index (χ4v) is 3.58. The van der Waals surface area contributed by atoms with Crippen molar-refractivity contribution in [1.29, 1.82) is 0 Å². The van der Waals surface area contributed by atoms with Gasteiger partial charge in [-0.25, -0.2) is 4.98 Å². The fraction of sp³-hybridized carbons (Fsp3) is 0.381. The van der Waals surface area contributed by atoms with E-state index in [0.717, 1.165) is 22.7 Å². The lowest BCUT2D eigenvalue weighted by molar-refractivity contribution is -0.117. The highest BCUT2D eigenvalue weighted by Crippen LogP contribution is 2.28. The topological polar surface area (TPSA) is 69.0 Å². The number of anilines is 1. The monoisotopic (exact) mass is 398 g/mol. The number of aryl methyl sites for hydroxylation is 1. The van der Waals surface area contributed by atoms with E-state index in [1.807, 2.05) is 70.3 Å². The van der Waals surface area contributed by atoms with Gasteiger partial charge >= 0.3 is 0 Å². The van der Waals surface area contributed by atoms with Crippen molar-refractivity contribution in [2.75, 3.05) is 11.9 Å². The predicted octanol–water partition coefficient (Wildman–Crippen LogP) is 5.08. The Labute approximate surface area is 169 Å². The largest absolute Gasteiger partial charge is 0.494 e. The first-order chi connectivity index (χ1) is 13.2. The average molecular weight is 399 g/mol. The molecule has 1 amide bonds. The molecule has 148 valence electrons. The Hall–Kier alpha value is -2.67. The standard InChI is InChI=1S/C21H26N4O2S/c1-6-27-16-9-7-15(8-10-16)17-13-28-20(22-17)25-18(11-14(2)24-25)23-19(26)12-21(3,4)5/h7-11,13H,6,12H2,1-5H3,(H,23,26). The Balaban J connectivity index is 1.82. The van der Waals surface area contributed by atoms with Gasteiger partial charge in [-0.3, -0.25) is 4.79 Å². The van der Waals surface area contributed by atoms with Crippen molar-refractivity contribution in [2.24, 2.45) is 5.41 Å². The molecule has 0 saturated heterocycles. The van der Waals surface area contributed by atoms with E-state index < -0.39 is 0 Å². The molecular weight excluding hydrogens is 372 g/mol. The van der Waals surface area contributed by atoms with Crippen LogP contribution >= 0.6 is 11.3 Å². The molecule has 0 fully saturated rings. The molecule has 0 aliphatic heterocycles. The lowest BCUT2D eigenvalue weighted by Gasteiger charge is -2.17. The number of rotatable bonds is 6. The van der Waals surface area contributed by atoms with Crippen molar-refractivity contribution in [3.63, 3.8) is 0 Å². The molecular formula is C21H26N4O2S. The number of nitrogens with one attached hydrogen (secondary N) is 1. The number of nitrogens with zero attached hydrogens (tertiary/aromatic N) is 3. The molecule has 2 aromatic heterocycles. The quantitative estimate of drug-likeness (QED) is 0.629. The van der Waals surface area contributed by atoms with Gasteiger partial charge in [-0.15, -0.1) is 11.3 Å². The maximum Gasteiger partial charge on any atom is 0.226 e. The highest BCUT2D eigenvalue weighted by molar-refractivity contribution is 7.12. The number of ether oxygens (including phenoxy) is 1. The third-order valence-corrected chi connectivity index (χ3v) is 4.74. The van der Waals surface area contributed by atoms with Crippen molar-refractivity contribution >= 4 is 23.1 Å². The van der Waals surface area contributed by atoms with E-state index in [2.05, 4.69) is 10.4 Å². The van der Waals surface area contributed by atoms with Gasteiger partial charge in [0, 0.05) is 23.4 Å². The summed E-state index contributed by atoms with van der Waals surface area (Å²) in [7, 11) is 0. The second-order valence-electron chi connectivity index (χ2n) is 7.84. The third kappa shape index (κ3) is 4.98. The summed E-state index contributed by atoms with van der Waals surface area (Å²) in [5.74, 6) is 1.45. The molecule has 0 unspecified atom stereocenters. The van der Waals surface area contributed by atoms with E-state index >= 15 is 0 Å². The molecule has 0 radical (unpaired) electrons. The second-order valence-corrected chi connectivity index (χ2v) is 8.68. The molecule has 1 aromatic carbocycles. The van der Waals surface area contributed by atoms with Crippen molar-refractivity contribution in [3.8, 4) is 22.1 Å². The van der Waals surface area contributed by atoms with Gasteiger partial charge in [0.2, 0.25) is 11.0 Å². The van der Waals surface area contributed by atoms with Gasteiger partial charge in [-0.2, -0.15) is 9.78 Å². The minimum Gasteiger partial charge on any atom is -0.494 e. The van der Waals surface area contributed by atoms with E-state index in [9.17, 15) is 4.79 Å². The SMILES string of the molecule is CCOc1ccc(-c2csc(-n3nc(C)cc3NC(=O)CC(C)(C)C)n2)cc1. The summed E-state index contributed by atoms with van der Waals surface area (Å²) in [5.41, 5.74) is 2.62. The van der Waals surface area contributed by atoms with Crippen LogP contribution in [0.2, 0.25) is 0 Å². The first kappa shape index (κ1) is 20.1. The van der Waals surface area contributed by atoms with Crippen LogP contribution in [0.4, 0.5) is 5.82 Å². The average Bonchev–Trinajstić information content (AvgIpc) is 3.21. The van der Waals surface area contributed by atoms with E-state index in [-0.39, 0.29) is 11.3 Å². The summed E-state index contributed by atoms with van der Waals surface area (Å²) in [5, 5.41) is 10.2. The number of carbonyl (C=O) groups is 1. The molecule has 0 spiro atoms. The zero-order chi connectivity index (χ0) is 20.3. The van der Waals surface area contributed by atoms with Gasteiger partial charge in [0.1, 0.15) is 11.6 Å². The van der Waals surface area contributed by atoms with Crippen LogP contribution in [0.5, 0.6) is 5.75 Å². The highest BCUT2D eigenvalue weighted by Gasteiger charge is 2.19. The van der Waals surface area contributed by atoms with Crippen LogP contribution < -0.4 is 10.1 Å². The fourth-order valence-electron chi connectivity index (χ4n) is 2.79. The van der Waals surface area contributed by atoms with Gasteiger partial charge in [0.05, 0.1) is 18.0 Å². The smallest absolute Gasteiger partial charge is 0.226 e. The van der Waals surface area contributed by atoms with E-state index in [0.29, 0.717) is 24.0 Å². The molecule has 6 nitrogen and oxygen atoms in total. The van der Waals surface area contributed by atoms with Crippen molar-refractivity contribution in [1.82, 2.24) is 14.8 Å². The van der Waals surface area contributed by atoms with Gasteiger partial charge in [0.15, 0.2) is 0 Å². The van der Waals surface area contributed by atoms with Gasteiger partial charge in [-0.1, -0.05) is 20.8 Å². The maximum atomic E-state index is 12.4. The summed E-state index contributed by atoms with van der Waals surface area (Å²) < 4.78 is 7.18. The number of thiazole rings is 1. The van der Waals surface area contributed by atoms with Crippen LogP contribution in [0, 0.1) is 12.3 Å². The molecule has 1 N–H and O–H groups in total. The lowest BCUT2D eigenvalue weighted by Crippen LogP contribution is -2.21. The summed E-state index contributed by atoms with van der Waals surface area (Å²) in [6, 6.07) is 9.72. The van der Waals surface area contributed by atoms with E-state index in [1.54, 1.807) is 4.68 Å². The molecule has 0 bridgehead atoms. The molecule has 0 atom stereocenters. The first-order valence-electron chi connectivity index (χ1n) is 9.31. The summed E-state index contributed by atoms with van der Waals surface area (Å²) in [6.07, 6.45) is 0.437. The number of hydrogen-bond donors (Lipinski definition) is 1. The molecule has 2 heterocycles. The molecule has 28 heavy (non-hydrogen) atoms. The molecule has 3 rings (SSSR count). The highest BCUT2D eigenvalue weighted by atomic mass is 32.1. The zero-order valence-electron chi connectivity index (χ0n) is 16.9. The van der Waals surface area contributed by atoms with Crippen LogP contribution in [-0.2, 0) is 4.79 Å². The van der Waals surface area contributed by atoms with Crippen LogP contribution in [0.15, 0.2) is 35.7 Å². The molecule has 0 aliphatic rings. The molecule has 3 aromatic rings. The van der Waals surface area contributed by atoms with Crippen molar-refractivity contribution in [3.05, 3.63) is 41.4 Å². The van der Waals surface area contributed by atoms with E-state index in [1.165, 1.54) is 11.3 Å². The summed E-state index contributed by atoms with van der Waals surface area (Å²) in [6.45, 7) is 10.6. The maximum absolute atomic E-state index is 12.4. The Morgan fingerprint density at radius 2 is 1.96 bits per heavy atom. The number of hydrogen-bond acceptors (Lipinski definition) is 5. The normalized spacial score (nSPS) is 11.5. The third-order valence-electron chi connectivity index (χ3n) is 3.92. The number of benzene rings is 1. The lowest BCUT2D eigenvalue weighted by atomic mass is 9.92. The van der Waals surface area contributed by atoms with Gasteiger partial charge in [0.25, 0.3) is 0 Å². The molecule has 0 aliphatic carbocycles. The van der Waals surface area contributed by atoms with Crippen LogP contribution in [0.25, 0.3) is 16.4 Å². The second kappa shape index (κ2) is 8.14. The first-order valence-corrected chi connectivity index (χ1v) is 10.2. The summed E-state index contributed by atoms with van der Waals surface area (Å²) in [4.78, 5) is 17.1. The van der Waals surface area contributed by atoms with Gasteiger partial charge in [-0.05, 0) is 43.5 Å². The molecule has 7 heteroatoms. The Kier molecular flexibility index (Phi) is 5.84. The van der Waals surface area contributed by atoms with E-state index in [4.69, 9.17) is 9.72 Å². The van der Waals surface area contributed by atoms with Crippen LogP contribution in [-0.4, -0.2) is 27.3 Å². The minimum atomic E-state index is -0.0774. The van der Waals surface area contributed by atoms with Crippen molar-refractivity contribution in [2.45, 2.75) is 41.0 Å². The Morgan fingerprint density at radius 1 is 1.25 bits per heavy atom. The van der Waals surface area contributed by atoms with Crippen molar-refractivity contribution < 1.29 is 9.53 Å². The predicted molar refractivity (Wildman–Crippen MR) is 113 cm³/mol. The minimum absolute atomic E-state index is 0.0306. The van der Waals surface area contributed by atoms with Crippen LogP contribution in [0.3, 0.4) is 0 Å². The Bertz CT molecular complexity index is 952. The summed E-state index contributed by atoms with van der Waals surface area (Å²) >= 11 is 1.49. The number of carbonyl (C=O) groups excluding carboxylic acids is 1. The Morgan fingerprint density at radius 3 is 2.61 bits per heavy atom. The number of aromatic nitrogens is 3. The van der Waals surface area contributed by atoms with Crippen LogP contribution in [0.1, 0.15) is 39.8 Å². The van der Waals surface area contributed by atoms with Gasteiger partial charge < -0.3 is 10.1 Å². The zero-order valence-corrected chi connectivity index (χ0v) is 17.8. The number of amides is 1. The molecule has 0 saturated carbocycles.